The fraction of sp³-hybridized carbons (Fsp3) is 0.483. The largest absolute Gasteiger partial charge is 0.497 e. The van der Waals surface area contributed by atoms with Gasteiger partial charge in [0.15, 0.2) is 0 Å². The molecular formula is C29H35N3O6. The van der Waals surface area contributed by atoms with Crippen molar-refractivity contribution in [1.29, 1.82) is 0 Å². The van der Waals surface area contributed by atoms with E-state index in [1.807, 2.05) is 25.1 Å². The molecule has 0 bridgehead atoms. The first-order valence-corrected chi connectivity index (χ1v) is 13.3. The summed E-state index contributed by atoms with van der Waals surface area (Å²) in [5, 5.41) is 2.98. The van der Waals surface area contributed by atoms with Gasteiger partial charge in [-0.3, -0.25) is 19.3 Å². The molecule has 202 valence electrons. The smallest absolute Gasteiger partial charge is 0.257 e. The van der Waals surface area contributed by atoms with Crippen molar-refractivity contribution < 1.29 is 28.6 Å². The third-order valence-corrected chi connectivity index (χ3v) is 7.83. The molecule has 1 spiro atoms. The molecule has 0 saturated carbocycles. The Morgan fingerprint density at radius 1 is 1.08 bits per heavy atom. The summed E-state index contributed by atoms with van der Waals surface area (Å²) in [6.07, 6.45) is 2.72. The molecule has 2 unspecified atom stereocenters. The number of methoxy groups -OCH3 is 1. The van der Waals surface area contributed by atoms with Crippen molar-refractivity contribution in [2.45, 2.75) is 50.5 Å². The van der Waals surface area contributed by atoms with Crippen molar-refractivity contribution >= 4 is 17.7 Å². The van der Waals surface area contributed by atoms with Crippen LogP contribution in [-0.2, 0) is 14.3 Å². The lowest BCUT2D eigenvalue weighted by Gasteiger charge is -2.44. The SMILES string of the molecule is COc1cccc(C(=O)N2CCC3(CC2)OCC(C(=O)NCC2CCCO2)N3C(=O)c2ccccc2C)c1. The molecule has 2 atom stereocenters. The average molecular weight is 522 g/mol. The van der Waals surface area contributed by atoms with Crippen LogP contribution in [-0.4, -0.2) is 85.3 Å². The maximum atomic E-state index is 14.0. The van der Waals surface area contributed by atoms with Crippen LogP contribution in [0.1, 0.15) is 52.0 Å². The van der Waals surface area contributed by atoms with E-state index in [9.17, 15) is 14.4 Å². The molecule has 3 saturated heterocycles. The van der Waals surface area contributed by atoms with E-state index in [0.717, 1.165) is 18.4 Å². The zero-order valence-corrected chi connectivity index (χ0v) is 22.0. The first-order valence-electron chi connectivity index (χ1n) is 13.3. The van der Waals surface area contributed by atoms with Gasteiger partial charge in [-0.05, 0) is 49.6 Å². The minimum absolute atomic E-state index is 0.00149. The van der Waals surface area contributed by atoms with Gasteiger partial charge >= 0.3 is 0 Å². The van der Waals surface area contributed by atoms with Crippen molar-refractivity contribution in [2.24, 2.45) is 0 Å². The number of hydrogen-bond acceptors (Lipinski definition) is 6. The van der Waals surface area contributed by atoms with Crippen molar-refractivity contribution in [3.05, 3.63) is 65.2 Å². The quantitative estimate of drug-likeness (QED) is 0.628. The average Bonchev–Trinajstić information content (AvgIpc) is 3.60. The number of piperidine rings is 1. The van der Waals surface area contributed by atoms with Gasteiger partial charge in [0.05, 0.1) is 19.8 Å². The molecule has 2 aromatic carbocycles. The Morgan fingerprint density at radius 3 is 2.58 bits per heavy atom. The molecule has 0 radical (unpaired) electrons. The fourth-order valence-electron chi connectivity index (χ4n) is 5.64. The Labute approximate surface area is 223 Å². The second-order valence-electron chi connectivity index (χ2n) is 10.2. The van der Waals surface area contributed by atoms with Crippen LogP contribution in [0.15, 0.2) is 48.5 Å². The topological polar surface area (TPSA) is 97.4 Å². The lowest BCUT2D eigenvalue weighted by Crippen LogP contribution is -2.60. The van der Waals surface area contributed by atoms with Crippen molar-refractivity contribution in [3.8, 4) is 5.75 Å². The van der Waals surface area contributed by atoms with E-state index in [-0.39, 0.29) is 30.4 Å². The Kier molecular flexibility index (Phi) is 7.67. The van der Waals surface area contributed by atoms with Crippen molar-refractivity contribution in [3.63, 3.8) is 0 Å². The highest BCUT2D eigenvalue weighted by Gasteiger charge is 2.54. The lowest BCUT2D eigenvalue weighted by atomic mass is 9.95. The molecule has 3 aliphatic heterocycles. The molecule has 3 aliphatic rings. The summed E-state index contributed by atoms with van der Waals surface area (Å²) in [7, 11) is 1.57. The number of nitrogens with zero attached hydrogens (tertiary/aromatic N) is 2. The van der Waals surface area contributed by atoms with Crippen LogP contribution in [0.25, 0.3) is 0 Å². The monoisotopic (exact) mass is 521 g/mol. The van der Waals surface area contributed by atoms with E-state index in [0.29, 0.717) is 56.0 Å². The van der Waals surface area contributed by atoms with E-state index in [2.05, 4.69) is 5.32 Å². The predicted molar refractivity (Wildman–Crippen MR) is 140 cm³/mol. The molecule has 3 fully saturated rings. The van der Waals surface area contributed by atoms with Gasteiger partial charge in [0.1, 0.15) is 17.5 Å². The van der Waals surface area contributed by atoms with Gasteiger partial charge in [0, 0.05) is 50.2 Å². The molecule has 1 N–H and O–H groups in total. The van der Waals surface area contributed by atoms with Gasteiger partial charge in [-0.25, -0.2) is 0 Å². The summed E-state index contributed by atoms with van der Waals surface area (Å²) in [6, 6.07) is 13.7. The fourth-order valence-corrected chi connectivity index (χ4v) is 5.64. The summed E-state index contributed by atoms with van der Waals surface area (Å²) in [4.78, 5) is 43.9. The Bertz CT molecular complexity index is 1190. The first kappa shape index (κ1) is 26.2. The Hall–Kier alpha value is -3.43. The van der Waals surface area contributed by atoms with E-state index in [1.54, 1.807) is 47.2 Å². The van der Waals surface area contributed by atoms with E-state index >= 15 is 0 Å². The van der Waals surface area contributed by atoms with Crippen LogP contribution >= 0.6 is 0 Å². The molecular weight excluding hydrogens is 486 g/mol. The molecule has 3 heterocycles. The summed E-state index contributed by atoms with van der Waals surface area (Å²) < 4.78 is 17.2. The Balaban J connectivity index is 1.35. The molecule has 0 aliphatic carbocycles. The first-order chi connectivity index (χ1) is 18.4. The van der Waals surface area contributed by atoms with E-state index < -0.39 is 11.8 Å². The lowest BCUT2D eigenvalue weighted by molar-refractivity contribution is -0.128. The third kappa shape index (κ3) is 5.13. The number of hydrogen-bond donors (Lipinski definition) is 1. The van der Waals surface area contributed by atoms with Crippen LogP contribution in [0.3, 0.4) is 0 Å². The molecule has 9 heteroatoms. The van der Waals surface area contributed by atoms with Crippen LogP contribution in [0.2, 0.25) is 0 Å². The molecule has 9 nitrogen and oxygen atoms in total. The van der Waals surface area contributed by atoms with Crippen LogP contribution in [0.5, 0.6) is 5.75 Å². The zero-order valence-electron chi connectivity index (χ0n) is 22.0. The van der Waals surface area contributed by atoms with Crippen LogP contribution in [0, 0.1) is 6.92 Å². The second kappa shape index (κ2) is 11.1. The standard InChI is InChI=1S/C29H35N3O6/c1-20-7-3-4-11-24(20)28(35)32-25(26(33)30-18-23-10-6-16-37-23)19-38-29(32)12-14-31(15-13-29)27(34)21-8-5-9-22(17-21)36-2/h3-5,7-9,11,17,23,25H,6,10,12-16,18-19H2,1-2H3,(H,30,33). The summed E-state index contributed by atoms with van der Waals surface area (Å²) in [6.45, 7) is 3.92. The summed E-state index contributed by atoms with van der Waals surface area (Å²) in [5.74, 6) is 0.0503. The number of aryl methyl sites for hydroxylation is 1. The number of carbonyl (C=O) groups is 3. The predicted octanol–water partition coefficient (Wildman–Crippen LogP) is 2.77. The van der Waals surface area contributed by atoms with Gasteiger partial charge in [0.25, 0.3) is 11.8 Å². The van der Waals surface area contributed by atoms with Crippen LogP contribution in [0.4, 0.5) is 0 Å². The van der Waals surface area contributed by atoms with Gasteiger partial charge in [-0.1, -0.05) is 24.3 Å². The van der Waals surface area contributed by atoms with Gasteiger partial charge in [-0.2, -0.15) is 0 Å². The molecule has 0 aromatic heterocycles. The van der Waals surface area contributed by atoms with E-state index in [4.69, 9.17) is 14.2 Å². The highest BCUT2D eigenvalue weighted by atomic mass is 16.5. The second-order valence-corrected chi connectivity index (χ2v) is 10.2. The van der Waals surface area contributed by atoms with Crippen LogP contribution < -0.4 is 10.1 Å². The molecule has 3 amide bonds. The van der Waals surface area contributed by atoms with Gasteiger partial charge in [-0.15, -0.1) is 0 Å². The number of likely N-dealkylation sites (tertiary alicyclic amines) is 1. The Morgan fingerprint density at radius 2 is 1.87 bits per heavy atom. The third-order valence-electron chi connectivity index (χ3n) is 7.83. The van der Waals surface area contributed by atoms with Crippen molar-refractivity contribution in [2.75, 3.05) is 40.0 Å². The van der Waals surface area contributed by atoms with Gasteiger partial charge in [0.2, 0.25) is 5.91 Å². The van der Waals surface area contributed by atoms with Crippen molar-refractivity contribution in [1.82, 2.24) is 15.1 Å². The number of benzene rings is 2. The number of nitrogens with one attached hydrogen (secondary N) is 1. The molecule has 2 aromatic rings. The van der Waals surface area contributed by atoms with E-state index in [1.165, 1.54) is 0 Å². The number of ether oxygens (including phenoxy) is 3. The summed E-state index contributed by atoms with van der Waals surface area (Å²) in [5.41, 5.74) is 0.968. The minimum atomic E-state index is -0.962. The number of rotatable bonds is 6. The number of amides is 3. The maximum Gasteiger partial charge on any atom is 0.257 e. The highest BCUT2D eigenvalue weighted by Crippen LogP contribution is 2.39. The molecule has 38 heavy (non-hydrogen) atoms. The molecule has 5 rings (SSSR count). The normalized spacial score (nSPS) is 22.5. The highest BCUT2D eigenvalue weighted by molar-refractivity contribution is 5.99. The van der Waals surface area contributed by atoms with Gasteiger partial charge < -0.3 is 24.4 Å². The summed E-state index contributed by atoms with van der Waals surface area (Å²) >= 11 is 0. The number of carbonyl (C=O) groups excluding carboxylic acids is 3. The maximum absolute atomic E-state index is 14.0. The zero-order chi connectivity index (χ0) is 26.7. The minimum Gasteiger partial charge on any atom is -0.497 e.